The summed E-state index contributed by atoms with van der Waals surface area (Å²) >= 11 is 0. The summed E-state index contributed by atoms with van der Waals surface area (Å²) in [5, 5.41) is 6.22. The van der Waals surface area contributed by atoms with Gasteiger partial charge in [0.05, 0.1) is 24.6 Å². The molecule has 0 unspecified atom stereocenters. The zero-order valence-corrected chi connectivity index (χ0v) is 21.3. The van der Waals surface area contributed by atoms with Crippen LogP contribution < -0.4 is 14.4 Å². The van der Waals surface area contributed by atoms with E-state index in [2.05, 4.69) is 56.2 Å². The second kappa shape index (κ2) is 9.74. The van der Waals surface area contributed by atoms with Gasteiger partial charge in [0.1, 0.15) is 41.2 Å². The number of rotatable bonds is 7. The Bertz CT molecular complexity index is 1540. The summed E-state index contributed by atoms with van der Waals surface area (Å²) in [6, 6.07) is 14.2. The quantitative estimate of drug-likeness (QED) is 0.326. The van der Waals surface area contributed by atoms with Gasteiger partial charge in [-0.25, -0.2) is 9.97 Å². The zero-order valence-electron chi connectivity index (χ0n) is 21.3. The Morgan fingerprint density at radius 1 is 1.11 bits per heavy atom. The molecule has 2 aromatic carbocycles. The average molecular weight is 499 g/mol. The van der Waals surface area contributed by atoms with Crippen LogP contribution >= 0.6 is 0 Å². The molecule has 9 heteroatoms. The summed E-state index contributed by atoms with van der Waals surface area (Å²) in [5.74, 6) is 2.93. The minimum Gasteiger partial charge on any atom is -0.497 e. The van der Waals surface area contributed by atoms with E-state index in [9.17, 15) is 0 Å². The molecule has 6 rings (SSSR count). The molecule has 0 aliphatic carbocycles. The van der Waals surface area contributed by atoms with Crippen molar-refractivity contribution in [2.75, 3.05) is 32.1 Å². The topological polar surface area (TPSA) is 92.5 Å². The molecule has 1 aliphatic rings. The van der Waals surface area contributed by atoms with Crippen LogP contribution in [-0.4, -0.2) is 58.4 Å². The Kier molecular flexibility index (Phi) is 6.13. The van der Waals surface area contributed by atoms with Crippen LogP contribution in [-0.2, 0) is 6.54 Å². The van der Waals surface area contributed by atoms with Crippen LogP contribution in [0.1, 0.15) is 24.3 Å². The Balaban J connectivity index is 1.50. The van der Waals surface area contributed by atoms with E-state index in [1.807, 2.05) is 31.3 Å². The summed E-state index contributed by atoms with van der Waals surface area (Å²) < 4.78 is 17.6. The Labute approximate surface area is 215 Å². The van der Waals surface area contributed by atoms with Crippen LogP contribution in [0.3, 0.4) is 0 Å². The molecule has 1 aliphatic heterocycles. The molecule has 3 aromatic heterocycles. The monoisotopic (exact) mass is 498 g/mol. The average Bonchev–Trinajstić information content (AvgIpc) is 3.56. The third-order valence-electron chi connectivity index (χ3n) is 6.95. The predicted molar refractivity (Wildman–Crippen MR) is 143 cm³/mol. The highest BCUT2D eigenvalue weighted by molar-refractivity contribution is 5.98. The molecular weight excluding hydrogens is 468 g/mol. The van der Waals surface area contributed by atoms with Gasteiger partial charge in [0.2, 0.25) is 0 Å². The minimum absolute atomic E-state index is 0.113. The number of aromatic amines is 1. The van der Waals surface area contributed by atoms with Gasteiger partial charge in [0.25, 0.3) is 0 Å². The van der Waals surface area contributed by atoms with E-state index in [4.69, 9.17) is 19.0 Å². The summed E-state index contributed by atoms with van der Waals surface area (Å²) in [6.07, 6.45) is 5.57. The zero-order chi connectivity index (χ0) is 25.4. The first-order chi connectivity index (χ1) is 18.1. The first kappa shape index (κ1) is 23.3. The Morgan fingerprint density at radius 3 is 2.76 bits per heavy atom. The molecule has 9 nitrogen and oxygen atoms in total. The molecule has 1 saturated heterocycles. The van der Waals surface area contributed by atoms with Crippen LogP contribution in [0.2, 0.25) is 0 Å². The van der Waals surface area contributed by atoms with E-state index in [-0.39, 0.29) is 6.10 Å². The highest BCUT2D eigenvalue weighted by Crippen LogP contribution is 2.40. The SMILES string of the molecule is COc1cc(OC2CCN(C)CC2)c2c(N(Cc3cc(C)on3)c3ccc4[nH]ccc4c3)ncnc2c1. The number of nitrogens with zero attached hydrogens (tertiary/aromatic N) is 5. The summed E-state index contributed by atoms with van der Waals surface area (Å²) in [7, 11) is 3.81. The summed E-state index contributed by atoms with van der Waals surface area (Å²) in [5.41, 5.74) is 3.62. The van der Waals surface area contributed by atoms with E-state index in [1.165, 1.54) is 0 Å². The van der Waals surface area contributed by atoms with Crippen molar-refractivity contribution >= 4 is 33.3 Å². The molecule has 190 valence electrons. The molecule has 0 saturated carbocycles. The molecule has 0 atom stereocenters. The van der Waals surface area contributed by atoms with Gasteiger partial charge in [0, 0.05) is 54.1 Å². The molecule has 0 radical (unpaired) electrons. The minimum atomic E-state index is 0.113. The van der Waals surface area contributed by atoms with E-state index in [0.717, 1.165) is 76.4 Å². The number of hydrogen-bond donors (Lipinski definition) is 1. The number of aryl methyl sites for hydroxylation is 1. The van der Waals surface area contributed by atoms with Gasteiger partial charge in [0.15, 0.2) is 0 Å². The maximum Gasteiger partial charge on any atom is 0.148 e. The maximum atomic E-state index is 6.65. The molecule has 1 fully saturated rings. The lowest BCUT2D eigenvalue weighted by molar-refractivity contribution is 0.115. The smallest absolute Gasteiger partial charge is 0.148 e. The number of nitrogens with one attached hydrogen (secondary N) is 1. The van der Waals surface area contributed by atoms with Crippen LogP contribution in [0, 0.1) is 6.92 Å². The number of ether oxygens (including phenoxy) is 2. The number of likely N-dealkylation sites (tertiary alicyclic amines) is 1. The van der Waals surface area contributed by atoms with E-state index >= 15 is 0 Å². The maximum absolute atomic E-state index is 6.65. The second-order valence-corrected chi connectivity index (χ2v) is 9.60. The predicted octanol–water partition coefficient (Wildman–Crippen LogP) is 5.23. The van der Waals surface area contributed by atoms with Crippen molar-refractivity contribution in [3.8, 4) is 11.5 Å². The van der Waals surface area contributed by atoms with Crippen molar-refractivity contribution in [2.45, 2.75) is 32.4 Å². The number of H-pyrrole nitrogens is 1. The third kappa shape index (κ3) is 4.70. The molecule has 0 bridgehead atoms. The van der Waals surface area contributed by atoms with Gasteiger partial charge in [-0.05, 0) is 51.1 Å². The molecule has 5 aromatic rings. The fourth-order valence-electron chi connectivity index (χ4n) is 4.96. The first-order valence-electron chi connectivity index (χ1n) is 12.5. The number of fused-ring (bicyclic) bond motifs is 2. The Hall–Kier alpha value is -4.11. The molecule has 1 N–H and O–H groups in total. The summed E-state index contributed by atoms with van der Waals surface area (Å²) in [6.45, 7) is 4.38. The number of benzene rings is 2. The van der Waals surface area contributed by atoms with Gasteiger partial charge < -0.3 is 28.8 Å². The van der Waals surface area contributed by atoms with E-state index in [1.54, 1.807) is 13.4 Å². The van der Waals surface area contributed by atoms with Crippen molar-refractivity contribution in [1.82, 2.24) is 25.0 Å². The fraction of sp³-hybridized carbons (Fsp3) is 0.321. The van der Waals surface area contributed by atoms with Crippen molar-refractivity contribution in [3.63, 3.8) is 0 Å². The number of methoxy groups -OCH3 is 1. The second-order valence-electron chi connectivity index (χ2n) is 9.60. The summed E-state index contributed by atoms with van der Waals surface area (Å²) in [4.78, 5) is 17.1. The highest BCUT2D eigenvalue weighted by atomic mass is 16.5. The van der Waals surface area contributed by atoms with Crippen LogP contribution in [0.15, 0.2) is 59.5 Å². The lowest BCUT2D eigenvalue weighted by atomic mass is 10.1. The van der Waals surface area contributed by atoms with Gasteiger partial charge in [-0.2, -0.15) is 0 Å². The first-order valence-corrected chi connectivity index (χ1v) is 12.5. The standard InChI is InChI=1S/C28H30N6O3/c1-18-12-20(32-37-18)16-34(21-4-5-24-19(13-21)6-9-29-24)28-27-25(30-17-31-28)14-23(35-3)15-26(27)36-22-7-10-33(2)11-8-22/h4-6,9,12-15,17,22,29H,7-8,10-11,16H2,1-3H3. The molecule has 4 heterocycles. The van der Waals surface area contributed by atoms with Gasteiger partial charge in [-0.3, -0.25) is 0 Å². The van der Waals surface area contributed by atoms with Gasteiger partial charge in [-0.15, -0.1) is 0 Å². The third-order valence-corrected chi connectivity index (χ3v) is 6.95. The van der Waals surface area contributed by atoms with E-state index < -0.39 is 0 Å². The number of piperidine rings is 1. The van der Waals surface area contributed by atoms with Crippen LogP contribution in [0.4, 0.5) is 11.5 Å². The largest absolute Gasteiger partial charge is 0.497 e. The van der Waals surface area contributed by atoms with Crippen molar-refractivity contribution in [1.29, 1.82) is 0 Å². The molecule has 37 heavy (non-hydrogen) atoms. The lowest BCUT2D eigenvalue weighted by Crippen LogP contribution is -2.35. The van der Waals surface area contributed by atoms with E-state index in [0.29, 0.717) is 12.3 Å². The van der Waals surface area contributed by atoms with Crippen LogP contribution in [0.25, 0.3) is 21.8 Å². The van der Waals surface area contributed by atoms with Crippen LogP contribution in [0.5, 0.6) is 11.5 Å². The van der Waals surface area contributed by atoms with Crippen molar-refractivity contribution in [2.24, 2.45) is 0 Å². The normalized spacial score (nSPS) is 14.9. The number of anilines is 2. The fourth-order valence-corrected chi connectivity index (χ4v) is 4.96. The van der Waals surface area contributed by atoms with Gasteiger partial charge in [-0.1, -0.05) is 5.16 Å². The molecule has 0 spiro atoms. The van der Waals surface area contributed by atoms with Crippen molar-refractivity contribution in [3.05, 3.63) is 66.4 Å². The lowest BCUT2D eigenvalue weighted by Gasteiger charge is -2.30. The molecular formula is C28H30N6O3. The molecule has 0 amide bonds. The Morgan fingerprint density at radius 2 is 1.97 bits per heavy atom. The number of aromatic nitrogens is 4. The van der Waals surface area contributed by atoms with Crippen molar-refractivity contribution < 1.29 is 14.0 Å². The highest BCUT2D eigenvalue weighted by Gasteiger charge is 2.24. The number of hydrogen-bond acceptors (Lipinski definition) is 8. The van der Waals surface area contributed by atoms with Gasteiger partial charge >= 0.3 is 0 Å².